The summed E-state index contributed by atoms with van der Waals surface area (Å²) in [5, 5.41) is 13.1. The molecule has 1 aromatic carbocycles. The molecule has 0 aliphatic heterocycles. The number of rotatable bonds is 3. The van der Waals surface area contributed by atoms with Crippen molar-refractivity contribution < 1.29 is 9.90 Å². The molecule has 0 heterocycles. The van der Waals surface area contributed by atoms with E-state index in [4.69, 9.17) is 11.6 Å². The molecule has 1 saturated carbocycles. The summed E-state index contributed by atoms with van der Waals surface area (Å²) < 4.78 is 0.696. The fourth-order valence-corrected chi connectivity index (χ4v) is 3.20. The van der Waals surface area contributed by atoms with Crippen molar-refractivity contribution in [2.24, 2.45) is 5.92 Å². The number of carbonyl (C=O) groups is 1. The molecule has 2 rings (SSSR count). The van der Waals surface area contributed by atoms with Crippen LogP contribution in [0.1, 0.15) is 43.0 Å². The molecule has 1 aromatic rings. The fraction of sp³-hybridized carbons (Fsp3) is 0.533. The molecule has 3 nitrogen and oxygen atoms in total. The SMILES string of the molecule is CC1CCC(CO)(NC(=O)c2cccc(Br)c2Cl)CC1. The highest BCUT2D eigenvalue weighted by atomic mass is 79.9. The number of benzene rings is 1. The number of carbonyl (C=O) groups excluding carboxylic acids is 1. The zero-order valence-electron chi connectivity index (χ0n) is 11.5. The van der Waals surface area contributed by atoms with E-state index in [1.807, 2.05) is 0 Å². The maximum absolute atomic E-state index is 12.4. The van der Waals surface area contributed by atoms with Crippen LogP contribution in [0, 0.1) is 5.92 Å². The summed E-state index contributed by atoms with van der Waals surface area (Å²) in [6, 6.07) is 5.27. The van der Waals surface area contributed by atoms with Crippen LogP contribution in [0.25, 0.3) is 0 Å². The van der Waals surface area contributed by atoms with E-state index < -0.39 is 5.54 Å². The van der Waals surface area contributed by atoms with Gasteiger partial charge in [-0.15, -0.1) is 0 Å². The van der Waals surface area contributed by atoms with E-state index in [-0.39, 0.29) is 12.5 Å². The van der Waals surface area contributed by atoms with Gasteiger partial charge in [-0.25, -0.2) is 0 Å². The van der Waals surface area contributed by atoms with E-state index in [0.717, 1.165) is 25.7 Å². The average Bonchev–Trinajstić information content (AvgIpc) is 2.44. The smallest absolute Gasteiger partial charge is 0.253 e. The number of halogens is 2. The van der Waals surface area contributed by atoms with Gasteiger partial charge in [-0.2, -0.15) is 0 Å². The van der Waals surface area contributed by atoms with Crippen molar-refractivity contribution in [1.82, 2.24) is 5.32 Å². The number of aliphatic hydroxyl groups is 1. The molecule has 5 heteroatoms. The second kappa shape index (κ2) is 6.46. The van der Waals surface area contributed by atoms with Crippen LogP contribution in [0.3, 0.4) is 0 Å². The van der Waals surface area contributed by atoms with Gasteiger partial charge in [0, 0.05) is 4.47 Å². The molecule has 20 heavy (non-hydrogen) atoms. The number of nitrogens with one attached hydrogen (secondary N) is 1. The topological polar surface area (TPSA) is 49.3 Å². The average molecular weight is 361 g/mol. The van der Waals surface area contributed by atoms with E-state index >= 15 is 0 Å². The minimum absolute atomic E-state index is 0.0307. The maximum atomic E-state index is 12.4. The quantitative estimate of drug-likeness (QED) is 0.862. The van der Waals surface area contributed by atoms with Gasteiger partial charge in [0.2, 0.25) is 0 Å². The van der Waals surface area contributed by atoms with Gasteiger partial charge in [0.15, 0.2) is 0 Å². The van der Waals surface area contributed by atoms with E-state index in [1.165, 1.54) is 0 Å². The summed E-state index contributed by atoms with van der Waals surface area (Å²) >= 11 is 9.46. The molecule has 0 spiro atoms. The first kappa shape index (κ1) is 15.8. The third kappa shape index (κ3) is 3.35. The largest absolute Gasteiger partial charge is 0.394 e. The zero-order valence-corrected chi connectivity index (χ0v) is 13.8. The fourth-order valence-electron chi connectivity index (χ4n) is 2.62. The summed E-state index contributed by atoms with van der Waals surface area (Å²) in [7, 11) is 0. The second-order valence-electron chi connectivity index (χ2n) is 5.68. The van der Waals surface area contributed by atoms with Crippen molar-refractivity contribution in [1.29, 1.82) is 0 Å². The molecule has 110 valence electrons. The van der Waals surface area contributed by atoms with Gasteiger partial charge in [0.05, 0.1) is 22.7 Å². The summed E-state index contributed by atoms with van der Waals surface area (Å²) in [5.41, 5.74) is -0.0672. The normalized spacial score (nSPS) is 26.3. The van der Waals surface area contributed by atoms with Crippen molar-refractivity contribution in [3.05, 3.63) is 33.3 Å². The van der Waals surface area contributed by atoms with Crippen LogP contribution in [0.15, 0.2) is 22.7 Å². The molecule has 1 aliphatic rings. The van der Waals surface area contributed by atoms with E-state index in [2.05, 4.69) is 28.2 Å². The summed E-state index contributed by atoms with van der Waals surface area (Å²) in [4.78, 5) is 12.4. The first-order valence-electron chi connectivity index (χ1n) is 6.85. The molecule has 1 amide bonds. The van der Waals surface area contributed by atoms with Crippen LogP contribution in [0.2, 0.25) is 5.02 Å². The Kier molecular flexibility index (Phi) is 5.10. The molecular formula is C15H19BrClNO2. The third-order valence-electron chi connectivity index (χ3n) is 4.11. The van der Waals surface area contributed by atoms with Crippen LogP contribution in [-0.2, 0) is 0 Å². The predicted molar refractivity (Wildman–Crippen MR) is 84.1 cm³/mol. The Labute approximate surface area is 132 Å². The number of amides is 1. The minimum atomic E-state index is -0.505. The van der Waals surface area contributed by atoms with Crippen molar-refractivity contribution in [2.75, 3.05) is 6.61 Å². The molecule has 1 fully saturated rings. The third-order valence-corrected chi connectivity index (χ3v) is 5.41. The first-order valence-corrected chi connectivity index (χ1v) is 8.02. The molecule has 0 bridgehead atoms. The van der Waals surface area contributed by atoms with Crippen molar-refractivity contribution >= 4 is 33.4 Å². The Hall–Kier alpha value is -0.580. The molecule has 0 saturated heterocycles. The zero-order chi connectivity index (χ0) is 14.8. The lowest BCUT2D eigenvalue weighted by atomic mass is 9.77. The van der Waals surface area contributed by atoms with Crippen LogP contribution in [0.4, 0.5) is 0 Å². The number of hydrogen-bond acceptors (Lipinski definition) is 2. The summed E-state index contributed by atoms with van der Waals surface area (Å²) in [6.45, 7) is 2.17. The highest BCUT2D eigenvalue weighted by Crippen LogP contribution is 2.33. The Morgan fingerprint density at radius 2 is 2.15 bits per heavy atom. The summed E-state index contributed by atoms with van der Waals surface area (Å²) in [5.74, 6) is 0.431. The Morgan fingerprint density at radius 1 is 1.50 bits per heavy atom. The molecular weight excluding hydrogens is 342 g/mol. The molecule has 0 radical (unpaired) electrons. The Bertz CT molecular complexity index is 499. The monoisotopic (exact) mass is 359 g/mol. The predicted octanol–water partition coefficient (Wildman–Crippen LogP) is 3.77. The van der Waals surface area contributed by atoms with E-state index in [1.54, 1.807) is 18.2 Å². The van der Waals surface area contributed by atoms with Crippen LogP contribution < -0.4 is 5.32 Å². The lowest BCUT2D eigenvalue weighted by Gasteiger charge is -2.38. The van der Waals surface area contributed by atoms with Gasteiger partial charge in [-0.05, 0) is 59.7 Å². The van der Waals surface area contributed by atoms with Gasteiger partial charge in [-0.1, -0.05) is 24.6 Å². The van der Waals surface area contributed by atoms with Crippen molar-refractivity contribution in [2.45, 2.75) is 38.1 Å². The Morgan fingerprint density at radius 3 is 2.75 bits per heavy atom. The molecule has 0 unspecified atom stereocenters. The lowest BCUT2D eigenvalue weighted by Crippen LogP contribution is -2.53. The Balaban J connectivity index is 2.15. The van der Waals surface area contributed by atoms with Crippen LogP contribution in [-0.4, -0.2) is 23.2 Å². The molecule has 2 N–H and O–H groups in total. The first-order chi connectivity index (χ1) is 9.47. The minimum Gasteiger partial charge on any atom is -0.394 e. The summed E-state index contributed by atoms with van der Waals surface area (Å²) in [6.07, 6.45) is 3.66. The highest BCUT2D eigenvalue weighted by molar-refractivity contribution is 9.10. The van der Waals surface area contributed by atoms with E-state index in [0.29, 0.717) is 21.0 Å². The van der Waals surface area contributed by atoms with Gasteiger partial charge in [0.25, 0.3) is 5.91 Å². The highest BCUT2D eigenvalue weighted by Gasteiger charge is 2.35. The molecule has 1 aliphatic carbocycles. The van der Waals surface area contributed by atoms with Gasteiger partial charge >= 0.3 is 0 Å². The van der Waals surface area contributed by atoms with Crippen molar-refractivity contribution in [3.8, 4) is 0 Å². The van der Waals surface area contributed by atoms with Gasteiger partial charge in [-0.3, -0.25) is 4.79 Å². The second-order valence-corrected chi connectivity index (χ2v) is 6.91. The number of hydrogen-bond donors (Lipinski definition) is 2. The van der Waals surface area contributed by atoms with Gasteiger partial charge < -0.3 is 10.4 Å². The molecule has 0 aromatic heterocycles. The van der Waals surface area contributed by atoms with Crippen molar-refractivity contribution in [3.63, 3.8) is 0 Å². The van der Waals surface area contributed by atoms with Crippen LogP contribution >= 0.6 is 27.5 Å². The lowest BCUT2D eigenvalue weighted by molar-refractivity contribution is 0.0717. The van der Waals surface area contributed by atoms with E-state index in [9.17, 15) is 9.90 Å². The van der Waals surface area contributed by atoms with Gasteiger partial charge in [0.1, 0.15) is 0 Å². The van der Waals surface area contributed by atoms with Crippen LogP contribution in [0.5, 0.6) is 0 Å². The standard InChI is InChI=1S/C15H19BrClNO2/c1-10-5-7-15(9-19,8-6-10)18-14(20)11-3-2-4-12(16)13(11)17/h2-4,10,19H,5-9H2,1H3,(H,18,20). The maximum Gasteiger partial charge on any atom is 0.253 e. The number of aliphatic hydroxyl groups excluding tert-OH is 1. The molecule has 0 atom stereocenters.